The monoisotopic (exact) mass is 742 g/mol. The number of nitrogens with two attached hydrogens (primary N) is 1. The maximum atomic E-state index is 12.1. The van der Waals surface area contributed by atoms with Crippen molar-refractivity contribution >= 4 is 41.0 Å². The van der Waals surface area contributed by atoms with Crippen LogP contribution in [0.1, 0.15) is 53.7 Å². The van der Waals surface area contributed by atoms with Crippen LogP contribution < -0.4 is 11.1 Å². The first-order valence-electron chi connectivity index (χ1n) is 17.7. The average molecular weight is 743 g/mol. The van der Waals surface area contributed by atoms with Crippen LogP contribution in [-0.2, 0) is 25.5 Å². The predicted octanol–water partition coefficient (Wildman–Crippen LogP) is 5.47. The SMILES string of the molecule is CC#CCOC(=O)N1CCN(Cc2ccc(-c3cc(-c4ncccn4)c4nc(NC(=O)OCC)[nH]c4c3)cn2)CC1.CCC(C)C.CCOC(=O)C(=N)N. The van der Waals surface area contributed by atoms with Gasteiger partial charge < -0.3 is 29.8 Å². The van der Waals surface area contributed by atoms with E-state index in [1.807, 2.05) is 30.5 Å². The van der Waals surface area contributed by atoms with Crippen molar-refractivity contribution in [1.29, 1.82) is 5.41 Å². The zero-order chi connectivity index (χ0) is 39.5. The van der Waals surface area contributed by atoms with Gasteiger partial charge in [-0.05, 0) is 56.5 Å². The van der Waals surface area contributed by atoms with E-state index in [0.717, 1.165) is 35.8 Å². The van der Waals surface area contributed by atoms with Crippen molar-refractivity contribution in [3.63, 3.8) is 0 Å². The second-order valence-electron chi connectivity index (χ2n) is 12.1. The highest BCUT2D eigenvalue weighted by Crippen LogP contribution is 2.32. The highest BCUT2D eigenvalue weighted by molar-refractivity contribution is 6.33. The number of carbonyl (C=O) groups excluding carboxylic acids is 3. The van der Waals surface area contributed by atoms with Crippen LogP contribution in [0, 0.1) is 23.2 Å². The van der Waals surface area contributed by atoms with E-state index in [-0.39, 0.29) is 31.9 Å². The molecule has 16 heteroatoms. The molecule has 1 aliphatic rings. The minimum Gasteiger partial charge on any atom is -0.460 e. The Bertz CT molecular complexity index is 1880. The molecule has 1 saturated heterocycles. The fourth-order valence-corrected chi connectivity index (χ4v) is 4.69. The van der Waals surface area contributed by atoms with Crippen molar-refractivity contribution in [3.05, 3.63) is 54.6 Å². The molecule has 16 nitrogen and oxygen atoms in total. The number of amidine groups is 1. The summed E-state index contributed by atoms with van der Waals surface area (Å²) in [5.41, 5.74) is 9.51. The van der Waals surface area contributed by atoms with Gasteiger partial charge in [0.05, 0.1) is 24.4 Å². The van der Waals surface area contributed by atoms with Gasteiger partial charge in [-0.2, -0.15) is 0 Å². The lowest BCUT2D eigenvalue weighted by Gasteiger charge is -2.33. The fourth-order valence-electron chi connectivity index (χ4n) is 4.69. The average Bonchev–Trinajstić information content (AvgIpc) is 3.58. The first kappa shape index (κ1) is 42.3. The number of hydrogen-bond donors (Lipinski definition) is 4. The van der Waals surface area contributed by atoms with E-state index in [4.69, 9.17) is 25.6 Å². The largest absolute Gasteiger partial charge is 0.460 e. The highest BCUT2D eigenvalue weighted by Gasteiger charge is 2.22. The molecule has 2 amide bonds. The number of imidazole rings is 1. The van der Waals surface area contributed by atoms with Crippen LogP contribution in [0.4, 0.5) is 15.5 Å². The van der Waals surface area contributed by atoms with E-state index in [1.54, 1.807) is 44.1 Å². The number of carbonyl (C=O) groups is 3. The number of fused-ring (bicyclic) bond motifs is 1. The van der Waals surface area contributed by atoms with Crippen LogP contribution in [0.15, 0.2) is 48.9 Å². The molecule has 5 rings (SSSR count). The standard InChI is InChI=1S/C29H30N8O4.C5H12.C4H8N2O2/c1-3-5-15-41-29(39)37-13-11-36(12-14-37)19-22-8-7-20(18-32-22)21-16-23(26-30-9-6-10-31-26)25-24(17-21)33-27(34-25)35-28(38)40-4-2;1-4-5(2)3;1-2-8-4(7)3(5)6/h6-10,16-18H,4,11-15,19H2,1-2H3,(H2,33,34,35,38);5H,4H2,1-3H3;2H2,1H3,(H3,5,6). The van der Waals surface area contributed by atoms with Crippen molar-refractivity contribution in [1.82, 2.24) is 34.7 Å². The highest BCUT2D eigenvalue weighted by atomic mass is 16.6. The zero-order valence-electron chi connectivity index (χ0n) is 31.8. The van der Waals surface area contributed by atoms with Crippen molar-refractivity contribution in [2.45, 2.75) is 54.5 Å². The van der Waals surface area contributed by atoms with Crippen molar-refractivity contribution in [2.24, 2.45) is 11.7 Å². The van der Waals surface area contributed by atoms with Gasteiger partial charge in [0.25, 0.3) is 0 Å². The lowest BCUT2D eigenvalue weighted by atomic mass is 10.0. The molecule has 0 radical (unpaired) electrons. The molecule has 0 spiro atoms. The molecule has 1 aliphatic heterocycles. The van der Waals surface area contributed by atoms with Gasteiger partial charge in [-0.15, -0.1) is 5.92 Å². The van der Waals surface area contributed by atoms with Gasteiger partial charge in [-0.25, -0.2) is 29.3 Å². The van der Waals surface area contributed by atoms with Crippen molar-refractivity contribution in [3.8, 4) is 34.4 Å². The number of aromatic nitrogens is 5. The van der Waals surface area contributed by atoms with Gasteiger partial charge in [-0.1, -0.05) is 39.2 Å². The Labute approximate surface area is 315 Å². The molecule has 3 aromatic heterocycles. The van der Waals surface area contributed by atoms with Gasteiger partial charge in [-0.3, -0.25) is 20.6 Å². The first-order chi connectivity index (χ1) is 26.0. The van der Waals surface area contributed by atoms with Gasteiger partial charge >= 0.3 is 18.2 Å². The van der Waals surface area contributed by atoms with E-state index in [2.05, 4.69) is 67.5 Å². The number of H-pyrrole nitrogens is 1. The molecule has 4 heterocycles. The molecule has 0 bridgehead atoms. The molecule has 0 aliphatic carbocycles. The van der Waals surface area contributed by atoms with Gasteiger partial charge in [0.2, 0.25) is 11.8 Å². The van der Waals surface area contributed by atoms with E-state index in [0.29, 0.717) is 42.1 Å². The molecule has 1 aromatic carbocycles. The number of esters is 1. The molecule has 0 atom stereocenters. The third-order valence-electron chi connectivity index (χ3n) is 7.82. The Balaban J connectivity index is 0.000000517. The predicted molar refractivity (Wildman–Crippen MR) is 206 cm³/mol. The maximum Gasteiger partial charge on any atom is 0.413 e. The number of hydrogen-bond acceptors (Lipinski definition) is 12. The summed E-state index contributed by atoms with van der Waals surface area (Å²) in [6.07, 6.45) is 5.57. The van der Waals surface area contributed by atoms with E-state index in [1.165, 1.54) is 6.42 Å². The Kier molecular flexibility index (Phi) is 17.3. The van der Waals surface area contributed by atoms with Gasteiger partial charge in [0.1, 0.15) is 5.52 Å². The summed E-state index contributed by atoms with van der Waals surface area (Å²) >= 11 is 0. The Morgan fingerprint density at radius 3 is 2.22 bits per heavy atom. The summed E-state index contributed by atoms with van der Waals surface area (Å²) in [5.74, 6) is 5.81. The van der Waals surface area contributed by atoms with Crippen LogP contribution in [0.2, 0.25) is 0 Å². The lowest BCUT2D eigenvalue weighted by molar-refractivity contribution is -0.135. The third-order valence-corrected chi connectivity index (χ3v) is 7.82. The number of pyridine rings is 1. The third kappa shape index (κ3) is 13.5. The Morgan fingerprint density at radius 1 is 0.981 bits per heavy atom. The topological polar surface area (TPSA) is 215 Å². The summed E-state index contributed by atoms with van der Waals surface area (Å²) in [7, 11) is 0. The van der Waals surface area contributed by atoms with Gasteiger partial charge in [0, 0.05) is 62.4 Å². The zero-order valence-corrected chi connectivity index (χ0v) is 31.8. The minimum absolute atomic E-state index is 0.116. The molecule has 0 unspecified atom stereocenters. The summed E-state index contributed by atoms with van der Waals surface area (Å²) in [4.78, 5) is 59.5. The lowest BCUT2D eigenvalue weighted by Crippen LogP contribution is -2.48. The second kappa shape index (κ2) is 22.1. The Morgan fingerprint density at radius 2 is 1.67 bits per heavy atom. The number of nitrogens with zero attached hydrogens (tertiary/aromatic N) is 6. The van der Waals surface area contributed by atoms with Crippen LogP contribution in [0.5, 0.6) is 0 Å². The molecule has 4 aromatic rings. The normalized spacial score (nSPS) is 12.2. The quantitative estimate of drug-likeness (QED) is 0.0553. The second-order valence-corrected chi connectivity index (χ2v) is 12.1. The molecule has 5 N–H and O–H groups in total. The summed E-state index contributed by atoms with van der Waals surface area (Å²) in [5, 5.41) is 9.12. The summed E-state index contributed by atoms with van der Waals surface area (Å²) < 4.78 is 14.5. The van der Waals surface area contributed by atoms with Gasteiger partial charge in [0.15, 0.2) is 12.4 Å². The van der Waals surface area contributed by atoms with E-state index in [9.17, 15) is 14.4 Å². The number of ether oxygens (including phenoxy) is 3. The molecule has 0 saturated carbocycles. The number of anilines is 1. The van der Waals surface area contributed by atoms with Crippen LogP contribution in [0.25, 0.3) is 33.5 Å². The summed E-state index contributed by atoms with van der Waals surface area (Å²) in [6, 6.07) is 9.69. The number of amides is 2. The van der Waals surface area contributed by atoms with E-state index >= 15 is 0 Å². The van der Waals surface area contributed by atoms with Crippen LogP contribution in [0.3, 0.4) is 0 Å². The van der Waals surface area contributed by atoms with E-state index < -0.39 is 17.9 Å². The summed E-state index contributed by atoms with van der Waals surface area (Å²) in [6.45, 7) is 15.7. The number of rotatable bonds is 9. The molecule has 1 fully saturated rings. The number of aromatic amines is 1. The maximum absolute atomic E-state index is 12.1. The smallest absolute Gasteiger partial charge is 0.413 e. The number of piperazine rings is 1. The molecule has 288 valence electrons. The van der Waals surface area contributed by atoms with Crippen molar-refractivity contribution in [2.75, 3.05) is 51.3 Å². The Hall–Kier alpha value is -6.08. The first-order valence-corrected chi connectivity index (χ1v) is 17.7. The number of nitrogens with one attached hydrogen (secondary N) is 3. The molecule has 54 heavy (non-hydrogen) atoms. The van der Waals surface area contributed by atoms with Crippen LogP contribution in [-0.4, -0.2) is 105 Å². The van der Waals surface area contributed by atoms with Crippen molar-refractivity contribution < 1.29 is 28.6 Å². The molecular weight excluding hydrogens is 692 g/mol. The van der Waals surface area contributed by atoms with Crippen LogP contribution >= 0.6 is 0 Å². The fraction of sp³-hybridized carbons (Fsp3) is 0.421. The minimum atomic E-state index is -0.757. The number of benzene rings is 1. The molecular formula is C38H50N10O6.